The highest BCUT2D eigenvalue weighted by Gasteiger charge is 2.06. The maximum Gasteiger partial charge on any atom is 0.230 e. The third-order valence-electron chi connectivity index (χ3n) is 2.12. The molecular formula is C12H8BrN3OS. The van der Waals surface area contributed by atoms with Crippen LogP contribution in [0, 0.1) is 11.3 Å². The minimum absolute atomic E-state index is 0.124. The molecule has 1 amide bonds. The van der Waals surface area contributed by atoms with Gasteiger partial charge < -0.3 is 5.32 Å². The van der Waals surface area contributed by atoms with E-state index in [2.05, 4.69) is 26.2 Å². The minimum Gasteiger partial charge on any atom is -0.310 e. The molecule has 4 nitrogen and oxygen atoms in total. The van der Waals surface area contributed by atoms with Gasteiger partial charge in [-0.3, -0.25) is 4.79 Å². The van der Waals surface area contributed by atoms with Crippen molar-refractivity contribution in [3.8, 4) is 6.07 Å². The Kier molecular flexibility index (Phi) is 4.07. The number of thiophene rings is 1. The molecule has 0 fully saturated rings. The Hall–Kier alpha value is -1.71. The fourth-order valence-electron chi connectivity index (χ4n) is 1.33. The summed E-state index contributed by atoms with van der Waals surface area (Å²) < 4.78 is 0.979. The van der Waals surface area contributed by atoms with Gasteiger partial charge in [0, 0.05) is 20.9 Å². The predicted molar refractivity (Wildman–Crippen MR) is 73.3 cm³/mol. The van der Waals surface area contributed by atoms with Crippen molar-refractivity contribution in [3.63, 3.8) is 0 Å². The van der Waals surface area contributed by atoms with E-state index in [0.29, 0.717) is 17.8 Å². The van der Waals surface area contributed by atoms with Gasteiger partial charge in [-0.2, -0.15) is 5.26 Å². The average Bonchev–Trinajstić information content (AvgIpc) is 2.75. The summed E-state index contributed by atoms with van der Waals surface area (Å²) in [5.41, 5.74) is 0.468. The first-order valence-corrected chi connectivity index (χ1v) is 6.73. The van der Waals surface area contributed by atoms with Gasteiger partial charge in [0.15, 0.2) is 0 Å². The Morgan fingerprint density at radius 2 is 2.39 bits per heavy atom. The zero-order valence-electron chi connectivity index (χ0n) is 9.18. The van der Waals surface area contributed by atoms with Crippen LogP contribution < -0.4 is 5.32 Å². The molecule has 0 radical (unpaired) electrons. The highest BCUT2D eigenvalue weighted by Crippen LogP contribution is 2.20. The van der Waals surface area contributed by atoms with Crippen LogP contribution in [0.4, 0.5) is 5.82 Å². The molecule has 0 aliphatic heterocycles. The number of anilines is 1. The Labute approximate surface area is 116 Å². The summed E-state index contributed by atoms with van der Waals surface area (Å²) in [6, 6.07) is 7.11. The summed E-state index contributed by atoms with van der Waals surface area (Å²) >= 11 is 4.86. The number of hydrogen-bond donors (Lipinski definition) is 1. The SMILES string of the molecule is N#Cc1ccc(NC(=O)Cc2cc(Br)cs2)nc1. The van der Waals surface area contributed by atoms with Gasteiger partial charge in [0.05, 0.1) is 12.0 Å². The number of amides is 1. The molecule has 2 aromatic rings. The monoisotopic (exact) mass is 321 g/mol. The van der Waals surface area contributed by atoms with Crippen LogP contribution in [0.2, 0.25) is 0 Å². The van der Waals surface area contributed by atoms with Crippen LogP contribution in [-0.2, 0) is 11.2 Å². The predicted octanol–water partition coefficient (Wildman–Crippen LogP) is 2.96. The molecule has 90 valence electrons. The van der Waals surface area contributed by atoms with Crippen molar-refractivity contribution in [1.29, 1.82) is 5.26 Å². The molecule has 0 aromatic carbocycles. The van der Waals surface area contributed by atoms with Crippen LogP contribution in [-0.4, -0.2) is 10.9 Å². The van der Waals surface area contributed by atoms with E-state index >= 15 is 0 Å². The lowest BCUT2D eigenvalue weighted by Crippen LogP contribution is -2.14. The van der Waals surface area contributed by atoms with Crippen molar-refractivity contribution in [1.82, 2.24) is 4.98 Å². The number of rotatable bonds is 3. The molecule has 0 aliphatic rings. The molecule has 2 rings (SSSR count). The normalized spacial score (nSPS) is 9.78. The van der Waals surface area contributed by atoms with Crippen molar-refractivity contribution in [2.45, 2.75) is 6.42 Å². The van der Waals surface area contributed by atoms with Crippen LogP contribution >= 0.6 is 27.3 Å². The van der Waals surface area contributed by atoms with Crippen LogP contribution in [0.1, 0.15) is 10.4 Å². The van der Waals surface area contributed by atoms with E-state index in [-0.39, 0.29) is 5.91 Å². The molecule has 0 unspecified atom stereocenters. The summed E-state index contributed by atoms with van der Waals surface area (Å²) in [4.78, 5) is 16.7. The van der Waals surface area contributed by atoms with Crippen molar-refractivity contribution >= 4 is 39.0 Å². The number of pyridine rings is 1. The van der Waals surface area contributed by atoms with Gasteiger partial charge in [-0.1, -0.05) is 0 Å². The van der Waals surface area contributed by atoms with E-state index in [9.17, 15) is 4.79 Å². The number of aromatic nitrogens is 1. The molecule has 2 aromatic heterocycles. The number of halogens is 1. The fraction of sp³-hybridized carbons (Fsp3) is 0.0833. The molecule has 0 aliphatic carbocycles. The average molecular weight is 322 g/mol. The van der Waals surface area contributed by atoms with Gasteiger partial charge >= 0.3 is 0 Å². The molecule has 6 heteroatoms. The fourth-order valence-corrected chi connectivity index (χ4v) is 2.78. The standard InChI is InChI=1S/C12H8BrN3OS/c13-9-3-10(18-7-9)4-12(17)16-11-2-1-8(5-14)6-15-11/h1-3,6-7H,4H2,(H,15,16,17). The maximum absolute atomic E-state index is 11.7. The van der Waals surface area contributed by atoms with Crippen molar-refractivity contribution in [2.75, 3.05) is 5.32 Å². The summed E-state index contributed by atoms with van der Waals surface area (Å²) in [7, 11) is 0. The number of nitrogens with one attached hydrogen (secondary N) is 1. The van der Waals surface area contributed by atoms with E-state index in [1.54, 1.807) is 12.1 Å². The topological polar surface area (TPSA) is 65.8 Å². The zero-order chi connectivity index (χ0) is 13.0. The minimum atomic E-state index is -0.124. The number of carbonyl (C=O) groups is 1. The van der Waals surface area contributed by atoms with Gasteiger partial charge in [0.1, 0.15) is 11.9 Å². The lowest BCUT2D eigenvalue weighted by molar-refractivity contribution is -0.115. The second-order valence-corrected chi connectivity index (χ2v) is 5.41. The van der Waals surface area contributed by atoms with Crippen molar-refractivity contribution in [2.24, 2.45) is 0 Å². The Bertz CT molecular complexity index is 601. The molecule has 2 heterocycles. The highest BCUT2D eigenvalue weighted by atomic mass is 79.9. The first-order valence-electron chi connectivity index (χ1n) is 5.06. The number of nitrogens with zero attached hydrogens (tertiary/aromatic N) is 2. The lowest BCUT2D eigenvalue weighted by Gasteiger charge is -2.02. The van der Waals surface area contributed by atoms with Gasteiger partial charge in [0.2, 0.25) is 5.91 Å². The van der Waals surface area contributed by atoms with Crippen molar-refractivity contribution in [3.05, 3.63) is 44.7 Å². The van der Waals surface area contributed by atoms with Crippen LogP contribution in [0.3, 0.4) is 0 Å². The van der Waals surface area contributed by atoms with E-state index in [1.807, 2.05) is 17.5 Å². The number of carbonyl (C=O) groups excluding carboxylic acids is 1. The first kappa shape index (κ1) is 12.7. The Morgan fingerprint density at radius 3 is 2.94 bits per heavy atom. The number of hydrogen-bond acceptors (Lipinski definition) is 4. The molecule has 0 saturated carbocycles. The summed E-state index contributed by atoms with van der Waals surface area (Å²) in [6.45, 7) is 0. The molecular weight excluding hydrogens is 314 g/mol. The van der Waals surface area contributed by atoms with Gasteiger partial charge in [0.25, 0.3) is 0 Å². The largest absolute Gasteiger partial charge is 0.310 e. The number of nitriles is 1. The zero-order valence-corrected chi connectivity index (χ0v) is 11.6. The van der Waals surface area contributed by atoms with E-state index in [1.165, 1.54) is 17.5 Å². The smallest absolute Gasteiger partial charge is 0.230 e. The van der Waals surface area contributed by atoms with E-state index in [0.717, 1.165) is 9.35 Å². The quantitative estimate of drug-likeness (QED) is 0.945. The third-order valence-corrected chi connectivity index (χ3v) is 3.81. The molecule has 0 bridgehead atoms. The van der Waals surface area contributed by atoms with Crippen LogP contribution in [0.15, 0.2) is 34.2 Å². The van der Waals surface area contributed by atoms with Gasteiger partial charge in [-0.15, -0.1) is 11.3 Å². The second kappa shape index (κ2) is 5.76. The molecule has 0 atom stereocenters. The Balaban J connectivity index is 1.96. The second-order valence-electron chi connectivity index (χ2n) is 3.50. The van der Waals surface area contributed by atoms with Crippen LogP contribution in [0.25, 0.3) is 0 Å². The van der Waals surface area contributed by atoms with E-state index in [4.69, 9.17) is 5.26 Å². The van der Waals surface area contributed by atoms with Crippen molar-refractivity contribution < 1.29 is 4.79 Å². The molecule has 0 spiro atoms. The lowest BCUT2D eigenvalue weighted by atomic mass is 10.3. The summed E-state index contributed by atoms with van der Waals surface area (Å²) in [6.07, 6.45) is 1.75. The molecule has 0 saturated heterocycles. The highest BCUT2D eigenvalue weighted by molar-refractivity contribution is 9.10. The van der Waals surface area contributed by atoms with Crippen LogP contribution in [0.5, 0.6) is 0 Å². The molecule has 1 N–H and O–H groups in total. The van der Waals surface area contributed by atoms with Gasteiger partial charge in [-0.05, 0) is 34.1 Å². The third kappa shape index (κ3) is 3.39. The molecule has 18 heavy (non-hydrogen) atoms. The van der Waals surface area contributed by atoms with Gasteiger partial charge in [-0.25, -0.2) is 4.98 Å². The summed E-state index contributed by atoms with van der Waals surface area (Å²) in [5, 5.41) is 13.2. The first-order chi connectivity index (χ1) is 8.67. The maximum atomic E-state index is 11.7. The van der Waals surface area contributed by atoms with E-state index < -0.39 is 0 Å². The summed E-state index contributed by atoms with van der Waals surface area (Å²) in [5.74, 6) is 0.330. The Morgan fingerprint density at radius 1 is 1.56 bits per heavy atom.